The molecule has 0 saturated heterocycles. The third-order valence-electron chi connectivity index (χ3n) is 3.80. The quantitative estimate of drug-likeness (QED) is 0.758. The Hall–Kier alpha value is -2.37. The van der Waals surface area contributed by atoms with Crippen molar-refractivity contribution in [2.45, 2.75) is 58.9 Å². The van der Waals surface area contributed by atoms with E-state index in [2.05, 4.69) is 15.6 Å². The third-order valence-corrected chi connectivity index (χ3v) is 3.80. The van der Waals surface area contributed by atoms with Crippen molar-refractivity contribution in [2.24, 2.45) is 0 Å². The zero-order valence-corrected chi connectivity index (χ0v) is 15.6. The van der Waals surface area contributed by atoms with Gasteiger partial charge in [-0.15, -0.1) is 0 Å². The lowest BCUT2D eigenvalue weighted by Gasteiger charge is -2.20. The number of aryl methyl sites for hydroxylation is 1. The van der Waals surface area contributed by atoms with E-state index in [0.29, 0.717) is 18.7 Å². The fourth-order valence-electron chi connectivity index (χ4n) is 2.74. The molecule has 0 bridgehead atoms. The number of carbonyl (C=O) groups is 2. The van der Waals surface area contributed by atoms with Crippen LogP contribution < -0.4 is 10.6 Å². The zero-order chi connectivity index (χ0) is 18.4. The van der Waals surface area contributed by atoms with Crippen molar-refractivity contribution in [3.63, 3.8) is 0 Å². The molecule has 0 aliphatic rings. The maximum atomic E-state index is 12.4. The van der Waals surface area contributed by atoms with Crippen LogP contribution in [0.4, 0.5) is 0 Å². The van der Waals surface area contributed by atoms with E-state index in [1.165, 1.54) is 0 Å². The minimum Gasteiger partial charge on any atom is -0.352 e. The van der Waals surface area contributed by atoms with Gasteiger partial charge in [0.2, 0.25) is 5.91 Å². The summed E-state index contributed by atoms with van der Waals surface area (Å²) in [5.74, 6) is -0.0282. The van der Waals surface area contributed by atoms with Crippen molar-refractivity contribution in [2.75, 3.05) is 6.54 Å². The Labute approximate surface area is 149 Å². The minimum atomic E-state index is -0.184. The topological polar surface area (TPSA) is 75.5 Å². The Morgan fingerprint density at radius 1 is 1.16 bits per heavy atom. The molecule has 0 fully saturated rings. The van der Waals surface area contributed by atoms with Gasteiger partial charge in [0.05, 0.1) is 5.69 Å². The predicted molar refractivity (Wildman–Crippen MR) is 98.6 cm³/mol. The molecule has 0 unspecified atom stereocenters. The molecule has 2 aromatic heterocycles. The molecule has 136 valence electrons. The van der Waals surface area contributed by atoms with E-state index in [1.807, 2.05) is 56.5 Å². The van der Waals surface area contributed by atoms with Gasteiger partial charge in [0.1, 0.15) is 11.3 Å². The van der Waals surface area contributed by atoms with Crippen LogP contribution in [-0.2, 0) is 4.79 Å². The van der Waals surface area contributed by atoms with Gasteiger partial charge in [0.25, 0.3) is 5.91 Å². The van der Waals surface area contributed by atoms with Gasteiger partial charge in [-0.2, -0.15) is 0 Å². The number of fused-ring (bicyclic) bond motifs is 1. The smallest absolute Gasteiger partial charge is 0.270 e. The highest BCUT2D eigenvalue weighted by Crippen LogP contribution is 2.11. The maximum Gasteiger partial charge on any atom is 0.270 e. The number of hydrogen-bond donors (Lipinski definition) is 2. The van der Waals surface area contributed by atoms with E-state index >= 15 is 0 Å². The Balaban J connectivity index is 1.72. The summed E-state index contributed by atoms with van der Waals surface area (Å²) < 4.78 is 1.81. The summed E-state index contributed by atoms with van der Waals surface area (Å²) in [7, 11) is 0. The first kappa shape index (κ1) is 19.0. The number of pyridine rings is 1. The molecule has 0 aromatic carbocycles. The van der Waals surface area contributed by atoms with Crippen molar-refractivity contribution >= 4 is 17.5 Å². The molecule has 0 aliphatic heterocycles. The second-order valence-corrected chi connectivity index (χ2v) is 7.34. The lowest BCUT2D eigenvalue weighted by molar-refractivity contribution is -0.122. The molecule has 0 aliphatic carbocycles. The standard InChI is InChI=1S/C19H28N4O2/c1-14-17(23-13-9-7-10-15(23)21-14)18(25)20-12-8-5-6-11-16(24)22-19(2,3)4/h7,9-10,13H,5-6,8,11-12H2,1-4H3,(H,20,25)(H,22,24). The summed E-state index contributed by atoms with van der Waals surface area (Å²) in [6.45, 7) is 8.36. The van der Waals surface area contributed by atoms with E-state index in [9.17, 15) is 9.59 Å². The Bertz CT molecular complexity index is 743. The summed E-state index contributed by atoms with van der Waals surface area (Å²) >= 11 is 0. The van der Waals surface area contributed by atoms with Crippen LogP contribution in [0.15, 0.2) is 24.4 Å². The van der Waals surface area contributed by atoms with Gasteiger partial charge in [-0.1, -0.05) is 12.5 Å². The second kappa shape index (κ2) is 8.14. The lowest BCUT2D eigenvalue weighted by atomic mass is 10.1. The van der Waals surface area contributed by atoms with Crippen molar-refractivity contribution in [3.8, 4) is 0 Å². The van der Waals surface area contributed by atoms with Gasteiger partial charge in [-0.3, -0.25) is 14.0 Å². The SMILES string of the molecule is Cc1nc2ccccn2c1C(=O)NCCCCCC(=O)NC(C)(C)C. The van der Waals surface area contributed by atoms with Crippen molar-refractivity contribution in [3.05, 3.63) is 35.8 Å². The van der Waals surface area contributed by atoms with Crippen LogP contribution in [0.2, 0.25) is 0 Å². The van der Waals surface area contributed by atoms with Crippen LogP contribution in [0.5, 0.6) is 0 Å². The highest BCUT2D eigenvalue weighted by Gasteiger charge is 2.16. The van der Waals surface area contributed by atoms with E-state index in [-0.39, 0.29) is 17.4 Å². The number of aromatic nitrogens is 2. The molecule has 2 N–H and O–H groups in total. The van der Waals surface area contributed by atoms with Crippen molar-refractivity contribution in [1.82, 2.24) is 20.0 Å². The lowest BCUT2D eigenvalue weighted by Crippen LogP contribution is -2.40. The van der Waals surface area contributed by atoms with Gasteiger partial charge in [-0.05, 0) is 52.7 Å². The average molecular weight is 344 g/mol. The van der Waals surface area contributed by atoms with Crippen molar-refractivity contribution < 1.29 is 9.59 Å². The molecule has 0 spiro atoms. The summed E-state index contributed by atoms with van der Waals surface area (Å²) in [6.07, 6.45) is 4.95. The van der Waals surface area contributed by atoms with Crippen LogP contribution in [-0.4, -0.2) is 33.3 Å². The average Bonchev–Trinajstić information content (AvgIpc) is 2.84. The van der Waals surface area contributed by atoms with E-state index in [0.717, 1.165) is 30.6 Å². The second-order valence-electron chi connectivity index (χ2n) is 7.34. The Morgan fingerprint density at radius 3 is 2.64 bits per heavy atom. The Kier molecular flexibility index (Phi) is 6.17. The molecule has 0 saturated carbocycles. The highest BCUT2D eigenvalue weighted by atomic mass is 16.2. The molecule has 2 rings (SSSR count). The molecule has 2 amide bonds. The largest absolute Gasteiger partial charge is 0.352 e. The molecular weight excluding hydrogens is 316 g/mol. The van der Waals surface area contributed by atoms with Crippen LogP contribution >= 0.6 is 0 Å². The van der Waals surface area contributed by atoms with Crippen LogP contribution in [0.25, 0.3) is 5.65 Å². The minimum absolute atomic E-state index is 0.0814. The Morgan fingerprint density at radius 2 is 1.92 bits per heavy atom. The van der Waals surface area contributed by atoms with Crippen LogP contribution in [0.1, 0.15) is 62.6 Å². The summed E-state index contributed by atoms with van der Waals surface area (Å²) in [4.78, 5) is 28.5. The fourth-order valence-corrected chi connectivity index (χ4v) is 2.74. The fraction of sp³-hybridized carbons (Fsp3) is 0.526. The van der Waals surface area contributed by atoms with Gasteiger partial charge >= 0.3 is 0 Å². The molecular formula is C19H28N4O2. The molecule has 6 nitrogen and oxygen atoms in total. The third kappa shape index (κ3) is 5.59. The first-order valence-corrected chi connectivity index (χ1v) is 8.81. The number of unbranched alkanes of at least 4 members (excludes halogenated alkanes) is 2. The molecule has 0 atom stereocenters. The van der Waals surface area contributed by atoms with Crippen LogP contribution in [0.3, 0.4) is 0 Å². The number of nitrogens with zero attached hydrogens (tertiary/aromatic N) is 2. The summed E-state index contributed by atoms with van der Waals surface area (Å²) in [5, 5.41) is 5.90. The van der Waals surface area contributed by atoms with Gasteiger partial charge in [0, 0.05) is 24.7 Å². The predicted octanol–water partition coefficient (Wildman–Crippen LogP) is 2.85. The normalized spacial score (nSPS) is 11.5. The van der Waals surface area contributed by atoms with Crippen molar-refractivity contribution in [1.29, 1.82) is 0 Å². The number of nitrogens with one attached hydrogen (secondary N) is 2. The highest BCUT2D eigenvalue weighted by molar-refractivity contribution is 5.94. The monoisotopic (exact) mass is 344 g/mol. The number of hydrogen-bond acceptors (Lipinski definition) is 3. The maximum absolute atomic E-state index is 12.4. The number of rotatable bonds is 7. The van der Waals surface area contributed by atoms with Gasteiger partial charge < -0.3 is 10.6 Å². The molecule has 2 heterocycles. The van der Waals surface area contributed by atoms with Gasteiger partial charge in [-0.25, -0.2) is 4.98 Å². The van der Waals surface area contributed by atoms with Gasteiger partial charge in [0.15, 0.2) is 0 Å². The number of imidazole rings is 1. The number of carbonyl (C=O) groups excluding carboxylic acids is 2. The first-order chi connectivity index (χ1) is 11.8. The number of amides is 2. The molecule has 0 radical (unpaired) electrons. The van der Waals surface area contributed by atoms with E-state index in [1.54, 1.807) is 0 Å². The van der Waals surface area contributed by atoms with E-state index < -0.39 is 0 Å². The summed E-state index contributed by atoms with van der Waals surface area (Å²) in [5.41, 5.74) is 1.90. The first-order valence-electron chi connectivity index (χ1n) is 8.81. The van der Waals surface area contributed by atoms with Crippen LogP contribution in [0, 0.1) is 6.92 Å². The molecule has 25 heavy (non-hydrogen) atoms. The molecule has 2 aromatic rings. The zero-order valence-electron chi connectivity index (χ0n) is 15.6. The summed E-state index contributed by atoms with van der Waals surface area (Å²) in [6, 6.07) is 5.67. The molecule has 6 heteroatoms. The van der Waals surface area contributed by atoms with E-state index in [4.69, 9.17) is 0 Å².